The minimum Gasteiger partial charge on any atom is -0.326 e. The lowest BCUT2D eigenvalue weighted by molar-refractivity contribution is -0.120. The number of hydrogen-bond donors (Lipinski definition) is 2. The van der Waals surface area contributed by atoms with Crippen LogP contribution in [0.2, 0.25) is 0 Å². The average molecular weight is 422 g/mol. The molecule has 1 fully saturated rings. The molecule has 2 N–H and O–H groups in total. The van der Waals surface area contributed by atoms with Gasteiger partial charge in [-0.3, -0.25) is 4.79 Å². The molecule has 1 aliphatic carbocycles. The zero-order chi connectivity index (χ0) is 20.3. The van der Waals surface area contributed by atoms with Crippen LogP contribution < -0.4 is 10.0 Å². The zero-order valence-corrected chi connectivity index (χ0v) is 18.1. The van der Waals surface area contributed by atoms with Crippen molar-refractivity contribution in [3.05, 3.63) is 35.3 Å². The molecule has 0 atom stereocenters. The largest absolute Gasteiger partial charge is 0.326 e. The van der Waals surface area contributed by atoms with Gasteiger partial charge in [-0.05, 0) is 70.7 Å². The number of aryl methyl sites for hydroxylation is 1. The van der Waals surface area contributed by atoms with E-state index in [2.05, 4.69) is 15.0 Å². The molecule has 0 radical (unpaired) electrons. The van der Waals surface area contributed by atoms with Crippen molar-refractivity contribution in [2.24, 2.45) is 5.92 Å². The Morgan fingerprint density at radius 3 is 2.32 bits per heavy atom. The van der Waals surface area contributed by atoms with Crippen LogP contribution in [0.15, 0.2) is 29.6 Å². The molecule has 0 unspecified atom stereocenters. The molecule has 0 aliphatic heterocycles. The second-order valence-corrected chi connectivity index (χ2v) is 10.7. The Balaban J connectivity index is 1.52. The van der Waals surface area contributed by atoms with Gasteiger partial charge in [0, 0.05) is 34.3 Å². The maximum Gasteiger partial charge on any atom is 0.227 e. The van der Waals surface area contributed by atoms with E-state index in [0.717, 1.165) is 22.0 Å². The Kier molecular flexibility index (Phi) is 6.52. The van der Waals surface area contributed by atoms with Crippen LogP contribution in [0.5, 0.6) is 0 Å². The molecule has 28 heavy (non-hydrogen) atoms. The smallest absolute Gasteiger partial charge is 0.227 e. The van der Waals surface area contributed by atoms with Crippen molar-refractivity contribution in [3.8, 4) is 10.6 Å². The molecule has 6 nitrogen and oxygen atoms in total. The van der Waals surface area contributed by atoms with Crippen molar-refractivity contribution >= 4 is 33.0 Å². The first-order chi connectivity index (χ1) is 13.2. The Hall–Kier alpha value is -1.77. The summed E-state index contributed by atoms with van der Waals surface area (Å²) in [4.78, 5) is 17.0. The highest BCUT2D eigenvalue weighted by Gasteiger charge is 2.29. The van der Waals surface area contributed by atoms with Gasteiger partial charge in [0.2, 0.25) is 15.9 Å². The van der Waals surface area contributed by atoms with Crippen LogP contribution in [0.25, 0.3) is 10.6 Å². The van der Waals surface area contributed by atoms with E-state index in [1.165, 1.54) is 0 Å². The van der Waals surface area contributed by atoms with Gasteiger partial charge in [-0.1, -0.05) is 0 Å². The van der Waals surface area contributed by atoms with Crippen LogP contribution >= 0.6 is 11.3 Å². The summed E-state index contributed by atoms with van der Waals surface area (Å²) in [6.07, 6.45) is 2.75. The molecule has 0 bridgehead atoms. The number of sulfonamides is 1. The van der Waals surface area contributed by atoms with E-state index in [4.69, 9.17) is 0 Å². The number of hydrogen-bond acceptors (Lipinski definition) is 5. The molecule has 1 aromatic heterocycles. The third-order valence-corrected chi connectivity index (χ3v) is 7.98. The molecule has 152 valence electrons. The SMILES string of the molecule is Cc1csc(-c2ccc(NC(=O)C3CCC(NS(=O)(=O)C(C)C)CC3)cc2)n1. The van der Waals surface area contributed by atoms with Crippen LogP contribution in [0.4, 0.5) is 5.69 Å². The minimum atomic E-state index is -3.26. The number of thiazole rings is 1. The molecule has 0 saturated heterocycles. The van der Waals surface area contributed by atoms with E-state index in [0.29, 0.717) is 25.7 Å². The number of carbonyl (C=O) groups is 1. The molecule has 1 aromatic carbocycles. The third kappa shape index (κ3) is 5.18. The minimum absolute atomic E-state index is 0.00279. The van der Waals surface area contributed by atoms with E-state index in [9.17, 15) is 13.2 Å². The standard InChI is InChI=1S/C20H27N3O3S2/c1-13(2)28(25,26)23-18-10-4-15(5-11-18)19(24)22-17-8-6-16(7-9-17)20-21-14(3)12-27-20/h6-9,12-13,15,18,23H,4-5,10-11H2,1-3H3,(H,22,24). The number of rotatable bonds is 6. The molecule has 1 aliphatic rings. The highest BCUT2D eigenvalue weighted by Crippen LogP contribution is 2.28. The summed E-state index contributed by atoms with van der Waals surface area (Å²) in [6, 6.07) is 7.65. The van der Waals surface area contributed by atoms with Crippen LogP contribution in [0, 0.1) is 12.8 Å². The topological polar surface area (TPSA) is 88.2 Å². The van der Waals surface area contributed by atoms with Crippen molar-refractivity contribution in [1.29, 1.82) is 0 Å². The predicted octanol–water partition coefficient (Wildman–Crippen LogP) is 3.94. The van der Waals surface area contributed by atoms with E-state index in [1.807, 2.05) is 36.6 Å². The molecular formula is C20H27N3O3S2. The van der Waals surface area contributed by atoms with Gasteiger partial charge >= 0.3 is 0 Å². The molecule has 1 saturated carbocycles. The van der Waals surface area contributed by atoms with Crippen LogP contribution in [-0.2, 0) is 14.8 Å². The fourth-order valence-corrected chi connectivity index (χ4v) is 5.05. The van der Waals surface area contributed by atoms with Crippen molar-refractivity contribution in [2.75, 3.05) is 5.32 Å². The van der Waals surface area contributed by atoms with Crippen molar-refractivity contribution in [1.82, 2.24) is 9.71 Å². The molecule has 1 amide bonds. The first-order valence-electron chi connectivity index (χ1n) is 9.59. The van der Waals surface area contributed by atoms with Crippen molar-refractivity contribution in [2.45, 2.75) is 57.7 Å². The molecule has 3 rings (SSSR count). The van der Waals surface area contributed by atoms with Crippen LogP contribution in [-0.4, -0.2) is 30.6 Å². The van der Waals surface area contributed by atoms with Gasteiger partial charge in [0.05, 0.1) is 5.25 Å². The predicted molar refractivity (Wildman–Crippen MR) is 114 cm³/mol. The van der Waals surface area contributed by atoms with Crippen LogP contribution in [0.1, 0.15) is 45.2 Å². The number of aromatic nitrogens is 1. The monoisotopic (exact) mass is 421 g/mol. The summed E-state index contributed by atoms with van der Waals surface area (Å²) in [5.41, 5.74) is 2.81. The molecule has 8 heteroatoms. The van der Waals surface area contributed by atoms with Crippen molar-refractivity contribution in [3.63, 3.8) is 0 Å². The van der Waals surface area contributed by atoms with E-state index < -0.39 is 15.3 Å². The Morgan fingerprint density at radius 2 is 1.79 bits per heavy atom. The molecule has 0 spiro atoms. The first-order valence-corrected chi connectivity index (χ1v) is 12.0. The zero-order valence-electron chi connectivity index (χ0n) is 16.4. The number of amides is 1. The maximum absolute atomic E-state index is 12.6. The quantitative estimate of drug-likeness (QED) is 0.739. The third-order valence-electron chi connectivity index (χ3n) is 5.07. The van der Waals surface area contributed by atoms with Crippen LogP contribution in [0.3, 0.4) is 0 Å². The highest BCUT2D eigenvalue weighted by molar-refractivity contribution is 7.90. The summed E-state index contributed by atoms with van der Waals surface area (Å²) < 4.78 is 26.7. The van der Waals surface area contributed by atoms with E-state index >= 15 is 0 Å². The number of anilines is 1. The average Bonchev–Trinajstić information content (AvgIpc) is 3.09. The number of nitrogens with one attached hydrogen (secondary N) is 2. The lowest BCUT2D eigenvalue weighted by atomic mass is 9.86. The fraction of sp³-hybridized carbons (Fsp3) is 0.500. The highest BCUT2D eigenvalue weighted by atomic mass is 32.2. The van der Waals surface area contributed by atoms with Gasteiger partial charge in [0.25, 0.3) is 0 Å². The van der Waals surface area contributed by atoms with E-state index in [-0.39, 0.29) is 17.9 Å². The maximum atomic E-state index is 12.6. The van der Waals surface area contributed by atoms with Crippen molar-refractivity contribution < 1.29 is 13.2 Å². The van der Waals surface area contributed by atoms with Gasteiger partial charge in [-0.15, -0.1) is 11.3 Å². The number of nitrogens with zero attached hydrogens (tertiary/aromatic N) is 1. The van der Waals surface area contributed by atoms with E-state index in [1.54, 1.807) is 25.2 Å². The van der Waals surface area contributed by atoms with Gasteiger partial charge in [0.1, 0.15) is 5.01 Å². The Bertz CT molecular complexity index is 912. The summed E-state index contributed by atoms with van der Waals surface area (Å²) in [7, 11) is -3.26. The fourth-order valence-electron chi connectivity index (χ4n) is 3.27. The van der Waals surface area contributed by atoms with Gasteiger partial charge in [0.15, 0.2) is 0 Å². The van der Waals surface area contributed by atoms with Gasteiger partial charge in [-0.2, -0.15) is 0 Å². The summed E-state index contributed by atoms with van der Waals surface area (Å²) in [6.45, 7) is 5.31. The molecular weight excluding hydrogens is 394 g/mol. The summed E-state index contributed by atoms with van der Waals surface area (Å²) >= 11 is 1.60. The van der Waals surface area contributed by atoms with Gasteiger partial charge < -0.3 is 5.32 Å². The second kappa shape index (κ2) is 8.71. The Morgan fingerprint density at radius 1 is 1.14 bits per heavy atom. The number of benzene rings is 1. The normalized spacial score (nSPS) is 20.3. The number of carbonyl (C=O) groups excluding carboxylic acids is 1. The summed E-state index contributed by atoms with van der Waals surface area (Å²) in [5.74, 6) is -0.0795. The molecule has 1 heterocycles. The lowest BCUT2D eigenvalue weighted by Crippen LogP contribution is -2.42. The second-order valence-electron chi connectivity index (χ2n) is 7.62. The lowest BCUT2D eigenvalue weighted by Gasteiger charge is -2.28. The first kappa shape index (κ1) is 21.0. The molecule has 2 aromatic rings. The summed E-state index contributed by atoms with van der Waals surface area (Å²) in [5, 5.41) is 5.53. The van der Waals surface area contributed by atoms with Gasteiger partial charge in [-0.25, -0.2) is 18.1 Å². The Labute approximate surface area is 170 Å².